The first kappa shape index (κ1) is 14.9. The van der Waals surface area contributed by atoms with Crippen LogP contribution in [0.1, 0.15) is 13.8 Å². The first-order valence-corrected chi connectivity index (χ1v) is 5.95. The fourth-order valence-electron chi connectivity index (χ4n) is 1.51. The summed E-state index contributed by atoms with van der Waals surface area (Å²) in [6, 6.07) is 3.87. The largest absolute Gasteiger partial charge is 0.505 e. The van der Waals surface area contributed by atoms with Crippen molar-refractivity contribution in [3.05, 3.63) is 28.3 Å². The van der Waals surface area contributed by atoms with Crippen molar-refractivity contribution in [2.24, 2.45) is 5.92 Å². The maximum absolute atomic E-state index is 11.9. The summed E-state index contributed by atoms with van der Waals surface area (Å²) >= 11 is 0. The normalized spacial score (nSPS) is 11.9. The fourth-order valence-corrected chi connectivity index (χ4v) is 1.51. The van der Waals surface area contributed by atoms with Crippen LogP contribution in [0.2, 0.25) is 0 Å². The van der Waals surface area contributed by atoms with Gasteiger partial charge in [-0.15, -0.1) is 0 Å². The summed E-state index contributed by atoms with van der Waals surface area (Å²) in [5.41, 5.74) is -0.496. The Morgan fingerprint density at radius 1 is 1.53 bits per heavy atom. The van der Waals surface area contributed by atoms with Gasteiger partial charge in [0.15, 0.2) is 5.69 Å². The first-order valence-electron chi connectivity index (χ1n) is 5.95. The molecular weight excluding hydrogens is 250 g/mol. The number of aromatic hydroxyl groups is 1. The van der Waals surface area contributed by atoms with Crippen molar-refractivity contribution in [2.75, 3.05) is 18.4 Å². The lowest BCUT2D eigenvalue weighted by atomic mass is 10.1. The van der Waals surface area contributed by atoms with Crippen LogP contribution in [-0.2, 0) is 4.79 Å². The van der Waals surface area contributed by atoms with Gasteiger partial charge in [0.1, 0.15) is 5.75 Å². The minimum absolute atomic E-state index is 0.166. The van der Waals surface area contributed by atoms with Crippen molar-refractivity contribution in [3.8, 4) is 5.75 Å². The van der Waals surface area contributed by atoms with Crippen LogP contribution < -0.4 is 10.6 Å². The van der Waals surface area contributed by atoms with Crippen molar-refractivity contribution < 1.29 is 14.8 Å². The number of carbonyl (C=O) groups is 1. The van der Waals surface area contributed by atoms with E-state index in [1.807, 2.05) is 6.92 Å². The summed E-state index contributed by atoms with van der Waals surface area (Å²) in [5, 5.41) is 25.8. The smallest absolute Gasteiger partial charge is 0.296 e. The molecule has 0 heterocycles. The number of para-hydroxylation sites is 1. The minimum Gasteiger partial charge on any atom is -0.505 e. The van der Waals surface area contributed by atoms with E-state index in [1.165, 1.54) is 18.2 Å². The molecule has 1 aromatic carbocycles. The van der Waals surface area contributed by atoms with Gasteiger partial charge in [-0.05, 0) is 12.6 Å². The number of nitro benzene ring substituents is 1. The third-order valence-electron chi connectivity index (χ3n) is 2.61. The number of carbonyl (C=O) groups excluding carboxylic acids is 1. The second-order valence-electron chi connectivity index (χ2n) is 4.13. The van der Waals surface area contributed by atoms with Gasteiger partial charge in [0, 0.05) is 18.5 Å². The summed E-state index contributed by atoms with van der Waals surface area (Å²) in [5.74, 6) is -1.07. The molecule has 0 aliphatic rings. The molecule has 0 saturated heterocycles. The van der Waals surface area contributed by atoms with Crippen molar-refractivity contribution in [1.82, 2.24) is 5.32 Å². The lowest BCUT2D eigenvalue weighted by Gasteiger charge is -2.13. The van der Waals surface area contributed by atoms with Gasteiger partial charge in [0.05, 0.1) is 4.92 Å². The Morgan fingerprint density at radius 3 is 2.79 bits per heavy atom. The lowest BCUT2D eigenvalue weighted by molar-refractivity contribution is -0.384. The van der Waals surface area contributed by atoms with E-state index in [4.69, 9.17) is 0 Å². The molecule has 1 atom stereocenters. The zero-order valence-corrected chi connectivity index (χ0v) is 10.8. The predicted molar refractivity (Wildman–Crippen MR) is 71.1 cm³/mol. The Balaban J connectivity index is 2.87. The molecule has 1 rings (SSSR count). The van der Waals surface area contributed by atoms with Gasteiger partial charge in [0.25, 0.3) is 5.69 Å². The SMILES string of the molecule is CCNCC(C)C(=O)Nc1c(O)cccc1[N+](=O)[O-]. The van der Waals surface area contributed by atoms with E-state index < -0.39 is 4.92 Å². The van der Waals surface area contributed by atoms with Crippen molar-refractivity contribution in [2.45, 2.75) is 13.8 Å². The number of anilines is 1. The molecule has 0 aliphatic carbocycles. The van der Waals surface area contributed by atoms with Gasteiger partial charge < -0.3 is 15.7 Å². The molecule has 0 bridgehead atoms. The number of phenols is 1. The highest BCUT2D eigenvalue weighted by molar-refractivity contribution is 5.96. The molecule has 0 radical (unpaired) electrons. The number of nitrogens with zero attached hydrogens (tertiary/aromatic N) is 1. The molecule has 0 saturated carbocycles. The number of nitro groups is 1. The van der Waals surface area contributed by atoms with Crippen LogP contribution in [0.3, 0.4) is 0 Å². The molecule has 1 amide bonds. The minimum atomic E-state index is -0.649. The number of rotatable bonds is 6. The molecule has 1 unspecified atom stereocenters. The van der Waals surface area contributed by atoms with Gasteiger partial charge in [0.2, 0.25) is 5.91 Å². The summed E-state index contributed by atoms with van der Waals surface area (Å²) in [7, 11) is 0. The van der Waals surface area contributed by atoms with Crippen LogP contribution in [0.4, 0.5) is 11.4 Å². The van der Waals surface area contributed by atoms with Gasteiger partial charge in [-0.1, -0.05) is 19.9 Å². The summed E-state index contributed by atoms with van der Waals surface area (Å²) < 4.78 is 0. The van der Waals surface area contributed by atoms with E-state index in [1.54, 1.807) is 6.92 Å². The molecule has 0 aromatic heterocycles. The topological polar surface area (TPSA) is 104 Å². The number of hydrogen-bond acceptors (Lipinski definition) is 5. The number of amides is 1. The second-order valence-corrected chi connectivity index (χ2v) is 4.13. The predicted octanol–water partition coefficient (Wildman–Crippen LogP) is 1.48. The third kappa shape index (κ3) is 3.92. The average Bonchev–Trinajstić information content (AvgIpc) is 2.37. The number of nitrogens with one attached hydrogen (secondary N) is 2. The van der Waals surface area contributed by atoms with E-state index in [-0.39, 0.29) is 28.9 Å². The average molecular weight is 267 g/mol. The Labute approximate surface area is 110 Å². The first-order chi connectivity index (χ1) is 8.97. The Bertz CT molecular complexity index is 476. The number of hydrogen-bond donors (Lipinski definition) is 3. The van der Waals surface area contributed by atoms with E-state index in [0.29, 0.717) is 6.54 Å². The maximum Gasteiger partial charge on any atom is 0.296 e. The number of benzene rings is 1. The quantitative estimate of drug-likeness (QED) is 0.411. The molecule has 19 heavy (non-hydrogen) atoms. The van der Waals surface area contributed by atoms with Crippen LogP contribution in [0.5, 0.6) is 5.75 Å². The van der Waals surface area contributed by atoms with E-state index in [9.17, 15) is 20.0 Å². The zero-order chi connectivity index (χ0) is 14.4. The standard InChI is InChI=1S/C12H17N3O4/c1-3-13-7-8(2)12(17)14-11-9(15(18)19)5-4-6-10(11)16/h4-6,8,13,16H,3,7H2,1-2H3,(H,14,17). The Hall–Kier alpha value is -2.15. The highest BCUT2D eigenvalue weighted by Crippen LogP contribution is 2.33. The molecule has 0 spiro atoms. The van der Waals surface area contributed by atoms with E-state index in [2.05, 4.69) is 10.6 Å². The third-order valence-corrected chi connectivity index (χ3v) is 2.61. The van der Waals surface area contributed by atoms with Crippen LogP contribution in [-0.4, -0.2) is 29.0 Å². The Morgan fingerprint density at radius 2 is 2.21 bits per heavy atom. The highest BCUT2D eigenvalue weighted by atomic mass is 16.6. The van der Waals surface area contributed by atoms with E-state index in [0.717, 1.165) is 6.54 Å². The molecular formula is C12H17N3O4. The lowest BCUT2D eigenvalue weighted by Crippen LogP contribution is -2.30. The van der Waals surface area contributed by atoms with Crippen molar-refractivity contribution in [3.63, 3.8) is 0 Å². The molecule has 7 nitrogen and oxygen atoms in total. The molecule has 0 fully saturated rings. The van der Waals surface area contributed by atoms with Crippen molar-refractivity contribution in [1.29, 1.82) is 0 Å². The molecule has 104 valence electrons. The van der Waals surface area contributed by atoms with Crippen molar-refractivity contribution >= 4 is 17.3 Å². The van der Waals surface area contributed by atoms with Crippen LogP contribution in [0.25, 0.3) is 0 Å². The monoisotopic (exact) mass is 267 g/mol. The van der Waals surface area contributed by atoms with Gasteiger partial charge >= 0.3 is 0 Å². The number of phenolic OH excluding ortho intramolecular Hbond substituents is 1. The van der Waals surface area contributed by atoms with Crippen LogP contribution in [0.15, 0.2) is 18.2 Å². The maximum atomic E-state index is 11.9. The van der Waals surface area contributed by atoms with Crippen LogP contribution in [0, 0.1) is 16.0 Å². The summed E-state index contributed by atoms with van der Waals surface area (Å²) in [6.07, 6.45) is 0. The highest BCUT2D eigenvalue weighted by Gasteiger charge is 2.21. The molecule has 0 aliphatic heterocycles. The Kier molecular flexibility index (Phi) is 5.25. The zero-order valence-electron chi connectivity index (χ0n) is 10.8. The molecule has 1 aromatic rings. The molecule has 3 N–H and O–H groups in total. The van der Waals surface area contributed by atoms with Crippen LogP contribution >= 0.6 is 0 Å². The van der Waals surface area contributed by atoms with Gasteiger partial charge in [-0.25, -0.2) is 0 Å². The van der Waals surface area contributed by atoms with Gasteiger partial charge in [-0.2, -0.15) is 0 Å². The fraction of sp³-hybridized carbons (Fsp3) is 0.417. The summed E-state index contributed by atoms with van der Waals surface area (Å²) in [4.78, 5) is 22.0. The molecule has 7 heteroatoms. The van der Waals surface area contributed by atoms with E-state index >= 15 is 0 Å². The van der Waals surface area contributed by atoms with Gasteiger partial charge in [-0.3, -0.25) is 14.9 Å². The second kappa shape index (κ2) is 6.69. The summed E-state index contributed by atoms with van der Waals surface area (Å²) in [6.45, 7) is 4.81.